The molecule has 0 bridgehead atoms. The number of pyridine rings is 1. The lowest BCUT2D eigenvalue weighted by Crippen LogP contribution is -2.45. The van der Waals surface area contributed by atoms with Crippen LogP contribution in [0.15, 0.2) is 36.7 Å². The van der Waals surface area contributed by atoms with Crippen LogP contribution in [0.3, 0.4) is 0 Å². The van der Waals surface area contributed by atoms with E-state index in [1.54, 1.807) is 16.8 Å². The minimum absolute atomic E-state index is 0.160. The van der Waals surface area contributed by atoms with Crippen molar-refractivity contribution in [3.63, 3.8) is 0 Å². The molecule has 1 aromatic carbocycles. The van der Waals surface area contributed by atoms with Crippen molar-refractivity contribution in [1.29, 1.82) is 0 Å². The molecule has 3 aliphatic rings. The average molecular weight is 523 g/mol. The number of fused-ring (bicyclic) bond motifs is 1. The topological polar surface area (TPSA) is 110 Å². The standard InChI is InChI=1S/C26H30N6O4S/c1-17-10-20(32-7-3-9-37(32,34)35)11-25(29-17)31-14-19(12-28-31)13-30-8-6-27-24(15-30)21-4-5-22-23(18(21)2)16-36-26(22)33/h4-5,10-12,14,24,27H,3,6-9,13,15-16H2,1-2H3/t24-/m0/s1. The fourth-order valence-corrected chi connectivity index (χ4v) is 7.11. The Morgan fingerprint density at radius 3 is 2.86 bits per heavy atom. The largest absolute Gasteiger partial charge is 0.457 e. The van der Waals surface area contributed by atoms with E-state index < -0.39 is 10.0 Å². The van der Waals surface area contributed by atoms with Gasteiger partial charge in [0.1, 0.15) is 6.61 Å². The van der Waals surface area contributed by atoms with E-state index in [1.165, 1.54) is 9.87 Å². The van der Waals surface area contributed by atoms with Gasteiger partial charge in [-0.05, 0) is 43.5 Å². The average Bonchev–Trinajstić information content (AvgIpc) is 3.58. The van der Waals surface area contributed by atoms with Crippen LogP contribution in [0.5, 0.6) is 0 Å². The number of cyclic esters (lactones) is 1. The van der Waals surface area contributed by atoms with Crippen molar-refractivity contribution in [2.24, 2.45) is 0 Å². The first-order valence-corrected chi connectivity index (χ1v) is 14.2. The number of hydrogen-bond donors (Lipinski definition) is 1. The second kappa shape index (κ2) is 9.23. The van der Waals surface area contributed by atoms with E-state index in [9.17, 15) is 13.2 Å². The van der Waals surface area contributed by atoms with E-state index >= 15 is 0 Å². The zero-order valence-electron chi connectivity index (χ0n) is 21.0. The molecule has 1 N–H and O–H groups in total. The normalized spacial score (nSPS) is 21.3. The highest BCUT2D eigenvalue weighted by Crippen LogP contribution is 2.31. The molecule has 37 heavy (non-hydrogen) atoms. The van der Waals surface area contributed by atoms with Crippen LogP contribution in [0, 0.1) is 13.8 Å². The summed E-state index contributed by atoms with van der Waals surface area (Å²) >= 11 is 0. The van der Waals surface area contributed by atoms with Crippen LogP contribution in [0.4, 0.5) is 5.69 Å². The summed E-state index contributed by atoms with van der Waals surface area (Å²) in [6, 6.07) is 7.68. The highest BCUT2D eigenvalue weighted by atomic mass is 32.2. The SMILES string of the molecule is Cc1cc(N2CCCS2(=O)=O)cc(-n2cc(CN3CCN[C@H](c4ccc5c(c4C)COC5=O)C3)cn2)n1. The number of sulfonamides is 1. The maximum absolute atomic E-state index is 12.4. The Hall–Kier alpha value is -3.28. The number of hydrogen-bond acceptors (Lipinski definition) is 8. The number of esters is 1. The highest BCUT2D eigenvalue weighted by molar-refractivity contribution is 7.93. The lowest BCUT2D eigenvalue weighted by Gasteiger charge is -2.34. The molecule has 0 aliphatic carbocycles. The van der Waals surface area contributed by atoms with Crippen molar-refractivity contribution in [3.05, 3.63) is 70.2 Å². The number of ether oxygens (including phenoxy) is 1. The Kier molecular flexibility index (Phi) is 6.01. The lowest BCUT2D eigenvalue weighted by atomic mass is 9.93. The van der Waals surface area contributed by atoms with Gasteiger partial charge in [-0.15, -0.1) is 0 Å². The van der Waals surface area contributed by atoms with Gasteiger partial charge in [-0.25, -0.2) is 22.9 Å². The summed E-state index contributed by atoms with van der Waals surface area (Å²) in [6.07, 6.45) is 4.44. The van der Waals surface area contributed by atoms with Gasteiger partial charge in [-0.1, -0.05) is 6.07 Å². The van der Waals surface area contributed by atoms with Crippen molar-refractivity contribution in [2.75, 3.05) is 36.2 Å². The molecule has 0 saturated carbocycles. The molecule has 3 aliphatic heterocycles. The number of carbonyl (C=O) groups excluding carboxylic acids is 1. The maximum atomic E-state index is 12.4. The van der Waals surface area contributed by atoms with E-state index in [-0.39, 0.29) is 17.8 Å². The number of aryl methyl sites for hydroxylation is 1. The minimum atomic E-state index is -3.27. The Morgan fingerprint density at radius 1 is 1.19 bits per heavy atom. The van der Waals surface area contributed by atoms with Gasteiger partial charge in [0, 0.05) is 67.8 Å². The van der Waals surface area contributed by atoms with Crippen LogP contribution in [-0.2, 0) is 27.9 Å². The summed E-state index contributed by atoms with van der Waals surface area (Å²) in [5.74, 6) is 0.544. The Bertz CT molecular complexity index is 1480. The van der Waals surface area contributed by atoms with Gasteiger partial charge in [-0.2, -0.15) is 5.10 Å². The molecule has 0 unspecified atom stereocenters. The van der Waals surface area contributed by atoms with E-state index in [2.05, 4.69) is 27.2 Å². The molecule has 1 atom stereocenters. The number of rotatable bonds is 5. The van der Waals surface area contributed by atoms with Crippen LogP contribution in [0.25, 0.3) is 5.82 Å². The first kappa shape index (κ1) is 24.1. The number of aromatic nitrogens is 3. The number of carbonyl (C=O) groups is 1. The summed E-state index contributed by atoms with van der Waals surface area (Å²) < 4.78 is 33.2. The molecule has 0 radical (unpaired) electrons. The van der Waals surface area contributed by atoms with Crippen molar-refractivity contribution < 1.29 is 17.9 Å². The van der Waals surface area contributed by atoms with Crippen molar-refractivity contribution in [3.8, 4) is 5.82 Å². The van der Waals surface area contributed by atoms with Gasteiger partial charge in [0.2, 0.25) is 10.0 Å². The summed E-state index contributed by atoms with van der Waals surface area (Å²) in [5, 5.41) is 8.15. The van der Waals surface area contributed by atoms with Gasteiger partial charge in [-0.3, -0.25) is 9.21 Å². The van der Waals surface area contributed by atoms with Gasteiger partial charge >= 0.3 is 5.97 Å². The molecule has 11 heteroatoms. The predicted octanol–water partition coefficient (Wildman–Crippen LogP) is 2.24. The highest BCUT2D eigenvalue weighted by Gasteiger charge is 2.30. The number of anilines is 1. The van der Waals surface area contributed by atoms with E-state index in [0.717, 1.165) is 48.6 Å². The number of piperazine rings is 1. The third-order valence-electron chi connectivity index (χ3n) is 7.43. The van der Waals surface area contributed by atoms with Crippen molar-refractivity contribution in [1.82, 2.24) is 25.0 Å². The second-order valence-electron chi connectivity index (χ2n) is 9.98. The lowest BCUT2D eigenvalue weighted by molar-refractivity contribution is 0.0535. The third-order valence-corrected chi connectivity index (χ3v) is 9.30. The first-order valence-electron chi connectivity index (χ1n) is 12.6. The molecule has 6 rings (SSSR count). The van der Waals surface area contributed by atoms with Gasteiger partial charge in [0.05, 0.1) is 23.2 Å². The molecule has 2 fully saturated rings. The Morgan fingerprint density at radius 2 is 2.05 bits per heavy atom. The molecule has 194 valence electrons. The van der Waals surface area contributed by atoms with Gasteiger partial charge in [0.25, 0.3) is 0 Å². The van der Waals surface area contributed by atoms with E-state index in [4.69, 9.17) is 4.74 Å². The van der Waals surface area contributed by atoms with Crippen molar-refractivity contribution in [2.45, 2.75) is 39.5 Å². The predicted molar refractivity (Wildman–Crippen MR) is 138 cm³/mol. The quantitative estimate of drug-likeness (QED) is 0.508. The minimum Gasteiger partial charge on any atom is -0.457 e. The molecule has 5 heterocycles. The third kappa shape index (κ3) is 4.51. The van der Waals surface area contributed by atoms with E-state index in [1.807, 2.05) is 31.5 Å². The molecule has 2 saturated heterocycles. The van der Waals surface area contributed by atoms with Crippen LogP contribution >= 0.6 is 0 Å². The molecule has 0 spiro atoms. The maximum Gasteiger partial charge on any atom is 0.338 e. The molecule has 2 aromatic heterocycles. The second-order valence-corrected chi connectivity index (χ2v) is 12.0. The summed E-state index contributed by atoms with van der Waals surface area (Å²) in [5.41, 5.74) is 6.44. The van der Waals surface area contributed by atoms with Gasteiger partial charge in [0.15, 0.2) is 5.82 Å². The Balaban J connectivity index is 1.18. The summed E-state index contributed by atoms with van der Waals surface area (Å²) in [7, 11) is -3.27. The zero-order chi connectivity index (χ0) is 25.7. The Labute approximate surface area is 216 Å². The zero-order valence-corrected chi connectivity index (χ0v) is 21.8. The summed E-state index contributed by atoms with van der Waals surface area (Å²) in [4.78, 5) is 18.9. The molecular formula is C26H30N6O4S. The van der Waals surface area contributed by atoms with E-state index in [0.29, 0.717) is 36.6 Å². The van der Waals surface area contributed by atoms with Crippen LogP contribution < -0.4 is 9.62 Å². The summed E-state index contributed by atoms with van der Waals surface area (Å²) in [6.45, 7) is 8.11. The monoisotopic (exact) mass is 522 g/mol. The number of benzene rings is 1. The van der Waals surface area contributed by atoms with Crippen LogP contribution in [-0.4, -0.2) is 66.0 Å². The fourth-order valence-electron chi connectivity index (χ4n) is 5.56. The van der Waals surface area contributed by atoms with Crippen LogP contribution in [0.2, 0.25) is 0 Å². The van der Waals surface area contributed by atoms with Gasteiger partial charge < -0.3 is 10.1 Å². The molecule has 10 nitrogen and oxygen atoms in total. The molecular weight excluding hydrogens is 492 g/mol. The number of nitrogens with zero attached hydrogens (tertiary/aromatic N) is 5. The van der Waals surface area contributed by atoms with Crippen molar-refractivity contribution >= 4 is 21.7 Å². The fraction of sp³-hybridized carbons (Fsp3) is 0.423. The number of nitrogens with one attached hydrogen (secondary N) is 1. The smallest absolute Gasteiger partial charge is 0.338 e. The first-order chi connectivity index (χ1) is 17.8. The molecule has 3 aromatic rings. The molecule has 0 amide bonds. The van der Waals surface area contributed by atoms with Crippen LogP contribution in [0.1, 0.15) is 50.8 Å².